The zero-order valence-corrected chi connectivity index (χ0v) is 12.9. The van der Waals surface area contributed by atoms with E-state index in [1.807, 2.05) is 30.3 Å². The molecule has 0 bridgehead atoms. The molecule has 0 aliphatic carbocycles. The number of piperidine rings is 1. The summed E-state index contributed by atoms with van der Waals surface area (Å²) in [4.78, 5) is 12.8. The van der Waals surface area contributed by atoms with Crippen LogP contribution in [0.25, 0.3) is 0 Å². The maximum atomic E-state index is 11.7. The SMILES string of the molecule is O=C1CCC(c2cccc(Cl)c2)[C@@H](c2ccc(Cl)s2)N1. The Hall–Kier alpha value is -1.03. The number of hydrogen-bond donors (Lipinski definition) is 1. The number of amides is 1. The molecule has 1 N–H and O–H groups in total. The highest BCUT2D eigenvalue weighted by atomic mass is 35.5. The van der Waals surface area contributed by atoms with Crippen LogP contribution in [0.2, 0.25) is 9.36 Å². The molecule has 1 fully saturated rings. The Morgan fingerprint density at radius 3 is 2.75 bits per heavy atom. The summed E-state index contributed by atoms with van der Waals surface area (Å²) in [6.07, 6.45) is 1.37. The molecular formula is C15H13Cl2NOS. The maximum absolute atomic E-state index is 11.7. The van der Waals surface area contributed by atoms with Crippen LogP contribution in [-0.4, -0.2) is 5.91 Å². The Balaban J connectivity index is 1.96. The number of rotatable bonds is 2. The van der Waals surface area contributed by atoms with Crippen LogP contribution in [0, 0.1) is 0 Å². The fourth-order valence-corrected chi connectivity index (χ4v) is 4.04. The van der Waals surface area contributed by atoms with Crippen molar-refractivity contribution in [3.63, 3.8) is 0 Å². The van der Waals surface area contributed by atoms with E-state index in [4.69, 9.17) is 23.2 Å². The Bertz CT molecular complexity index is 640. The van der Waals surface area contributed by atoms with Crippen LogP contribution >= 0.6 is 34.5 Å². The summed E-state index contributed by atoms with van der Waals surface area (Å²) in [5.74, 6) is 0.332. The summed E-state index contributed by atoms with van der Waals surface area (Å²) < 4.78 is 0.740. The number of carbonyl (C=O) groups excluding carboxylic acids is 1. The van der Waals surface area contributed by atoms with E-state index in [2.05, 4.69) is 11.4 Å². The highest BCUT2D eigenvalue weighted by Gasteiger charge is 2.32. The minimum absolute atomic E-state index is 0.0211. The highest BCUT2D eigenvalue weighted by Crippen LogP contribution is 2.41. The predicted octanol–water partition coefficient (Wildman–Crippen LogP) is 4.79. The molecule has 1 saturated heterocycles. The molecule has 3 rings (SSSR count). The second kappa shape index (κ2) is 5.76. The van der Waals surface area contributed by atoms with Crippen molar-refractivity contribution in [2.75, 3.05) is 0 Å². The molecular weight excluding hydrogens is 313 g/mol. The molecule has 2 aromatic rings. The maximum Gasteiger partial charge on any atom is 0.220 e. The smallest absolute Gasteiger partial charge is 0.220 e. The van der Waals surface area contributed by atoms with Crippen LogP contribution in [0.3, 0.4) is 0 Å². The fraction of sp³-hybridized carbons (Fsp3) is 0.267. The van der Waals surface area contributed by atoms with E-state index in [1.54, 1.807) is 0 Å². The van der Waals surface area contributed by atoms with Crippen molar-refractivity contribution < 1.29 is 4.79 Å². The molecule has 0 saturated carbocycles. The lowest BCUT2D eigenvalue weighted by atomic mass is 9.84. The predicted molar refractivity (Wildman–Crippen MR) is 83.6 cm³/mol. The lowest BCUT2D eigenvalue weighted by molar-refractivity contribution is -0.123. The summed E-state index contributed by atoms with van der Waals surface area (Å²) in [7, 11) is 0. The summed E-state index contributed by atoms with van der Waals surface area (Å²) in [5.41, 5.74) is 1.16. The van der Waals surface area contributed by atoms with Gasteiger partial charge in [0.1, 0.15) is 0 Å². The molecule has 1 aliphatic heterocycles. The molecule has 2 heterocycles. The van der Waals surface area contributed by atoms with E-state index < -0.39 is 0 Å². The highest BCUT2D eigenvalue weighted by molar-refractivity contribution is 7.16. The quantitative estimate of drug-likeness (QED) is 0.845. The number of hydrogen-bond acceptors (Lipinski definition) is 2. The molecule has 1 amide bonds. The van der Waals surface area contributed by atoms with Crippen LogP contribution < -0.4 is 5.32 Å². The molecule has 104 valence electrons. The summed E-state index contributed by atoms with van der Waals surface area (Å²) in [5, 5.41) is 3.81. The van der Waals surface area contributed by atoms with Gasteiger partial charge in [0.25, 0.3) is 0 Å². The molecule has 20 heavy (non-hydrogen) atoms. The van der Waals surface area contributed by atoms with Crippen LogP contribution in [0.5, 0.6) is 0 Å². The first-order chi connectivity index (χ1) is 9.63. The molecule has 1 aromatic carbocycles. The van der Waals surface area contributed by atoms with E-state index in [0.717, 1.165) is 26.2 Å². The minimum Gasteiger partial charge on any atom is -0.348 e. The van der Waals surface area contributed by atoms with Gasteiger partial charge in [-0.05, 0) is 36.2 Å². The van der Waals surface area contributed by atoms with Crippen molar-refractivity contribution in [2.45, 2.75) is 24.8 Å². The molecule has 2 nitrogen and oxygen atoms in total. The zero-order chi connectivity index (χ0) is 14.1. The van der Waals surface area contributed by atoms with Crippen LogP contribution in [0.4, 0.5) is 0 Å². The first-order valence-electron chi connectivity index (χ1n) is 6.43. The normalized spacial score (nSPS) is 22.6. The fourth-order valence-electron chi connectivity index (χ4n) is 2.66. The summed E-state index contributed by atoms with van der Waals surface area (Å²) in [6.45, 7) is 0. The van der Waals surface area contributed by atoms with Crippen molar-refractivity contribution in [2.24, 2.45) is 0 Å². The molecule has 0 spiro atoms. The summed E-state index contributed by atoms with van der Waals surface area (Å²) >= 11 is 13.6. The average molecular weight is 326 g/mol. The minimum atomic E-state index is -0.0211. The Morgan fingerprint density at radius 2 is 2.05 bits per heavy atom. The monoisotopic (exact) mass is 325 g/mol. The van der Waals surface area contributed by atoms with Gasteiger partial charge in [-0.25, -0.2) is 0 Å². The van der Waals surface area contributed by atoms with Gasteiger partial charge in [0.05, 0.1) is 10.4 Å². The average Bonchev–Trinajstić information content (AvgIpc) is 2.85. The van der Waals surface area contributed by atoms with Gasteiger partial charge in [0.2, 0.25) is 5.91 Å². The van der Waals surface area contributed by atoms with Gasteiger partial charge in [-0.2, -0.15) is 0 Å². The van der Waals surface area contributed by atoms with Crippen LogP contribution in [-0.2, 0) is 4.79 Å². The number of carbonyl (C=O) groups is 1. The van der Waals surface area contributed by atoms with E-state index in [9.17, 15) is 4.79 Å². The van der Waals surface area contributed by atoms with Gasteiger partial charge in [-0.3, -0.25) is 4.79 Å². The number of halogens is 2. The number of nitrogens with one attached hydrogen (secondary N) is 1. The lowest BCUT2D eigenvalue weighted by Gasteiger charge is -2.32. The van der Waals surface area contributed by atoms with Crippen molar-refractivity contribution in [3.8, 4) is 0 Å². The third-order valence-electron chi connectivity index (χ3n) is 3.58. The van der Waals surface area contributed by atoms with Crippen molar-refractivity contribution >= 4 is 40.4 Å². The third-order valence-corrected chi connectivity index (χ3v) is 5.13. The van der Waals surface area contributed by atoms with Gasteiger partial charge in [0.15, 0.2) is 0 Å². The lowest BCUT2D eigenvalue weighted by Crippen LogP contribution is -2.37. The molecule has 1 aliphatic rings. The van der Waals surface area contributed by atoms with Gasteiger partial charge >= 0.3 is 0 Å². The topological polar surface area (TPSA) is 29.1 Å². The van der Waals surface area contributed by atoms with Crippen molar-refractivity contribution in [1.82, 2.24) is 5.32 Å². The van der Waals surface area contributed by atoms with Gasteiger partial charge in [-0.1, -0.05) is 35.3 Å². The van der Waals surface area contributed by atoms with Crippen molar-refractivity contribution in [1.29, 1.82) is 0 Å². The number of benzene rings is 1. The first kappa shape index (κ1) is 13.9. The number of thiophene rings is 1. The first-order valence-corrected chi connectivity index (χ1v) is 8.01. The largest absolute Gasteiger partial charge is 0.348 e. The standard InChI is InChI=1S/C15H13Cl2NOS/c16-10-3-1-2-9(8-10)11-4-7-14(19)18-15(11)12-5-6-13(17)20-12/h1-3,5-6,8,11,15H,4,7H2,(H,18,19)/t11?,15-/m0/s1. The third kappa shape index (κ3) is 2.85. The Labute approximate surface area is 131 Å². The second-order valence-corrected chi connectivity index (χ2v) is 7.07. The molecule has 1 aromatic heterocycles. The van der Waals surface area contributed by atoms with Gasteiger partial charge in [0, 0.05) is 22.2 Å². The Morgan fingerprint density at radius 1 is 1.20 bits per heavy atom. The van der Waals surface area contributed by atoms with Gasteiger partial charge in [-0.15, -0.1) is 11.3 Å². The molecule has 1 unspecified atom stereocenters. The molecule has 0 radical (unpaired) electrons. The van der Waals surface area contributed by atoms with E-state index in [1.165, 1.54) is 11.3 Å². The summed E-state index contributed by atoms with van der Waals surface area (Å²) in [6, 6.07) is 11.7. The van der Waals surface area contributed by atoms with Crippen LogP contribution in [0.15, 0.2) is 36.4 Å². The van der Waals surface area contributed by atoms with E-state index in [0.29, 0.717) is 6.42 Å². The van der Waals surface area contributed by atoms with Gasteiger partial charge < -0.3 is 5.32 Å². The van der Waals surface area contributed by atoms with Crippen molar-refractivity contribution in [3.05, 3.63) is 56.2 Å². The van der Waals surface area contributed by atoms with E-state index >= 15 is 0 Å². The molecule has 2 atom stereocenters. The van der Waals surface area contributed by atoms with E-state index in [-0.39, 0.29) is 17.9 Å². The van der Waals surface area contributed by atoms with Crippen LogP contribution in [0.1, 0.15) is 35.2 Å². The zero-order valence-electron chi connectivity index (χ0n) is 10.6. The Kier molecular flexibility index (Phi) is 4.01. The second-order valence-electron chi connectivity index (χ2n) is 4.89. The molecule has 5 heteroatoms.